The van der Waals surface area contributed by atoms with Gasteiger partial charge in [0.1, 0.15) is 11.6 Å². The van der Waals surface area contributed by atoms with Crippen LogP contribution in [0.2, 0.25) is 0 Å². The van der Waals surface area contributed by atoms with E-state index < -0.39 is 17.7 Å². The lowest BCUT2D eigenvalue weighted by Gasteiger charge is -2.26. The first-order valence-corrected chi connectivity index (χ1v) is 7.41. The summed E-state index contributed by atoms with van der Waals surface area (Å²) in [5.74, 6) is -0.368. The second kappa shape index (κ2) is 5.94. The summed E-state index contributed by atoms with van der Waals surface area (Å²) in [7, 11) is 1.72. The van der Waals surface area contributed by atoms with Crippen molar-refractivity contribution in [2.75, 3.05) is 7.05 Å². The van der Waals surface area contributed by atoms with Crippen LogP contribution in [0.4, 0.5) is 8.78 Å². The minimum Gasteiger partial charge on any atom is -0.309 e. The van der Waals surface area contributed by atoms with Gasteiger partial charge in [-0.3, -0.25) is 0 Å². The van der Waals surface area contributed by atoms with Crippen molar-refractivity contribution in [1.82, 2.24) is 5.32 Å². The van der Waals surface area contributed by atoms with Gasteiger partial charge in [-0.15, -0.1) is 0 Å². The zero-order valence-corrected chi connectivity index (χ0v) is 12.1. The number of hydrogen-bond donors (Lipinski definition) is 1. The fourth-order valence-corrected chi connectivity index (χ4v) is 2.97. The summed E-state index contributed by atoms with van der Waals surface area (Å²) in [4.78, 5) is 0. The number of benzene rings is 2. The zero-order chi connectivity index (χ0) is 14.8. The van der Waals surface area contributed by atoms with Crippen LogP contribution in [-0.4, -0.2) is 7.05 Å². The van der Waals surface area contributed by atoms with Crippen molar-refractivity contribution in [3.8, 4) is 0 Å². The van der Waals surface area contributed by atoms with Crippen LogP contribution in [0.5, 0.6) is 0 Å². The average molecular weight is 287 g/mol. The minimum atomic E-state index is -0.516. The normalized spacial score (nSPS) is 16.5. The lowest BCUT2D eigenvalue weighted by molar-refractivity contribution is 0.419. The van der Waals surface area contributed by atoms with E-state index in [-0.39, 0.29) is 5.56 Å². The smallest absolute Gasteiger partial charge is 0.131 e. The molecule has 2 aromatic carbocycles. The highest BCUT2D eigenvalue weighted by molar-refractivity contribution is 5.36. The van der Waals surface area contributed by atoms with E-state index >= 15 is 0 Å². The summed E-state index contributed by atoms with van der Waals surface area (Å²) in [5.41, 5.74) is 2.29. The molecular weight excluding hydrogens is 268 g/mol. The molecule has 1 atom stereocenters. The molecule has 21 heavy (non-hydrogen) atoms. The van der Waals surface area contributed by atoms with Crippen molar-refractivity contribution in [3.05, 3.63) is 70.8 Å². The Balaban J connectivity index is 1.92. The summed E-state index contributed by atoms with van der Waals surface area (Å²) in [6.07, 6.45) is 3.79. The maximum Gasteiger partial charge on any atom is 0.131 e. The van der Waals surface area contributed by atoms with Gasteiger partial charge in [-0.05, 0) is 49.1 Å². The summed E-state index contributed by atoms with van der Waals surface area (Å²) >= 11 is 0. The molecule has 0 saturated heterocycles. The summed E-state index contributed by atoms with van der Waals surface area (Å²) in [5, 5.41) is 3.01. The lowest BCUT2D eigenvalue weighted by atomic mass is 9.79. The van der Waals surface area contributed by atoms with Gasteiger partial charge in [-0.2, -0.15) is 0 Å². The third-order valence-corrected chi connectivity index (χ3v) is 4.42. The van der Waals surface area contributed by atoms with Gasteiger partial charge < -0.3 is 5.32 Å². The molecule has 0 spiro atoms. The van der Waals surface area contributed by atoms with Crippen molar-refractivity contribution in [2.45, 2.75) is 31.2 Å². The fraction of sp³-hybridized carbons (Fsp3) is 0.333. The number of hydrogen-bond acceptors (Lipinski definition) is 1. The van der Waals surface area contributed by atoms with E-state index in [0.29, 0.717) is 5.92 Å². The highest BCUT2D eigenvalue weighted by Crippen LogP contribution is 2.37. The Morgan fingerprint density at radius 3 is 2.10 bits per heavy atom. The van der Waals surface area contributed by atoms with E-state index in [1.165, 1.54) is 43.0 Å². The molecule has 0 amide bonds. The summed E-state index contributed by atoms with van der Waals surface area (Å²) in [6, 6.07) is 11.6. The first-order valence-electron chi connectivity index (χ1n) is 7.41. The van der Waals surface area contributed by atoms with Gasteiger partial charge in [0.05, 0.1) is 6.04 Å². The number of rotatable bonds is 4. The van der Waals surface area contributed by atoms with Gasteiger partial charge in [-0.25, -0.2) is 8.78 Å². The van der Waals surface area contributed by atoms with Gasteiger partial charge >= 0.3 is 0 Å². The highest BCUT2D eigenvalue weighted by Gasteiger charge is 2.22. The molecule has 1 aliphatic carbocycles. The van der Waals surface area contributed by atoms with Gasteiger partial charge in [0.25, 0.3) is 0 Å². The van der Waals surface area contributed by atoms with Gasteiger partial charge in [0.15, 0.2) is 0 Å². The Kier molecular flexibility index (Phi) is 4.02. The van der Waals surface area contributed by atoms with Crippen LogP contribution in [0.3, 0.4) is 0 Å². The Hall–Kier alpha value is -1.74. The molecule has 3 rings (SSSR count). The molecule has 0 aliphatic heterocycles. The van der Waals surface area contributed by atoms with Crippen LogP contribution < -0.4 is 5.32 Å². The second-order valence-corrected chi connectivity index (χ2v) is 5.65. The van der Waals surface area contributed by atoms with Crippen LogP contribution in [-0.2, 0) is 0 Å². The largest absolute Gasteiger partial charge is 0.309 e. The average Bonchev–Trinajstić information content (AvgIpc) is 2.42. The number of halogens is 2. The Morgan fingerprint density at radius 2 is 1.62 bits per heavy atom. The molecular formula is C18H19F2N. The molecule has 2 aromatic rings. The standard InChI is InChI=1S/C18H19F2N/c1-21-18(17-15(19)6-3-7-16(17)20)14-10-8-13(9-11-14)12-4-2-5-12/h3,6-12,18,21H,2,4-5H2,1H3. The van der Waals surface area contributed by atoms with Crippen LogP contribution in [0.15, 0.2) is 42.5 Å². The first-order chi connectivity index (χ1) is 10.2. The zero-order valence-electron chi connectivity index (χ0n) is 12.1. The minimum absolute atomic E-state index is 0.0800. The first kappa shape index (κ1) is 14.2. The Labute approximate surface area is 124 Å². The van der Waals surface area contributed by atoms with Crippen LogP contribution >= 0.6 is 0 Å². The quantitative estimate of drug-likeness (QED) is 0.870. The van der Waals surface area contributed by atoms with Gasteiger partial charge in [-0.1, -0.05) is 36.8 Å². The van der Waals surface area contributed by atoms with E-state index in [9.17, 15) is 8.78 Å². The fourth-order valence-electron chi connectivity index (χ4n) is 2.97. The maximum atomic E-state index is 14.0. The molecule has 1 N–H and O–H groups in total. The van der Waals surface area contributed by atoms with E-state index in [4.69, 9.17) is 0 Å². The predicted molar refractivity (Wildman–Crippen MR) is 80.3 cm³/mol. The molecule has 1 aliphatic rings. The molecule has 0 heterocycles. The third-order valence-electron chi connectivity index (χ3n) is 4.42. The van der Waals surface area contributed by atoms with Crippen molar-refractivity contribution < 1.29 is 8.78 Å². The van der Waals surface area contributed by atoms with Crippen molar-refractivity contribution in [1.29, 1.82) is 0 Å². The number of nitrogens with one attached hydrogen (secondary N) is 1. The second-order valence-electron chi connectivity index (χ2n) is 5.65. The topological polar surface area (TPSA) is 12.0 Å². The van der Waals surface area contributed by atoms with E-state index in [0.717, 1.165) is 5.56 Å². The molecule has 110 valence electrons. The van der Waals surface area contributed by atoms with E-state index in [1.54, 1.807) is 7.05 Å². The van der Waals surface area contributed by atoms with Crippen LogP contribution in [0.1, 0.15) is 47.9 Å². The van der Waals surface area contributed by atoms with Gasteiger partial charge in [0.2, 0.25) is 0 Å². The molecule has 0 radical (unpaired) electrons. The van der Waals surface area contributed by atoms with Crippen LogP contribution in [0, 0.1) is 11.6 Å². The molecule has 1 nitrogen and oxygen atoms in total. The summed E-state index contributed by atoms with van der Waals surface area (Å²) in [6.45, 7) is 0. The summed E-state index contributed by atoms with van der Waals surface area (Å²) < 4.78 is 27.9. The molecule has 1 saturated carbocycles. The van der Waals surface area contributed by atoms with Crippen LogP contribution in [0.25, 0.3) is 0 Å². The third kappa shape index (κ3) is 2.70. The molecule has 3 heteroatoms. The van der Waals surface area contributed by atoms with Crippen molar-refractivity contribution >= 4 is 0 Å². The monoisotopic (exact) mass is 287 g/mol. The van der Waals surface area contributed by atoms with Crippen molar-refractivity contribution in [2.24, 2.45) is 0 Å². The van der Waals surface area contributed by atoms with E-state index in [2.05, 4.69) is 17.4 Å². The Bertz CT molecular complexity index is 597. The molecule has 0 bridgehead atoms. The maximum absolute atomic E-state index is 14.0. The highest BCUT2D eigenvalue weighted by atomic mass is 19.1. The van der Waals surface area contributed by atoms with Gasteiger partial charge in [0, 0.05) is 5.56 Å². The Morgan fingerprint density at radius 1 is 1.00 bits per heavy atom. The van der Waals surface area contributed by atoms with E-state index in [1.807, 2.05) is 12.1 Å². The molecule has 1 unspecified atom stereocenters. The molecule has 0 aromatic heterocycles. The molecule has 1 fully saturated rings. The SMILES string of the molecule is CNC(c1ccc(C2CCC2)cc1)c1c(F)cccc1F. The predicted octanol–water partition coefficient (Wildman–Crippen LogP) is 4.54. The van der Waals surface area contributed by atoms with Crippen molar-refractivity contribution in [3.63, 3.8) is 0 Å². The lowest BCUT2D eigenvalue weighted by Crippen LogP contribution is -2.20.